The fourth-order valence-electron chi connectivity index (χ4n) is 1.80. The van der Waals surface area contributed by atoms with Crippen LogP contribution in [0.3, 0.4) is 0 Å². The van der Waals surface area contributed by atoms with E-state index in [-0.39, 0.29) is 11.4 Å². The number of aromatic amines is 1. The van der Waals surface area contributed by atoms with Gasteiger partial charge >= 0.3 is 0 Å². The van der Waals surface area contributed by atoms with Crippen molar-refractivity contribution >= 4 is 16.7 Å². The second-order valence-electron chi connectivity index (χ2n) is 4.20. The highest BCUT2D eigenvalue weighted by Crippen LogP contribution is 2.20. The van der Waals surface area contributed by atoms with Gasteiger partial charge in [-0.15, -0.1) is 0 Å². The van der Waals surface area contributed by atoms with E-state index < -0.39 is 0 Å². The number of carbonyl (C=O) groups is 1. The molecule has 0 aliphatic heterocycles. The van der Waals surface area contributed by atoms with Crippen LogP contribution in [0.2, 0.25) is 0 Å². The molecule has 4 heteroatoms. The summed E-state index contributed by atoms with van der Waals surface area (Å²) in [7, 11) is 3.56. The summed E-state index contributed by atoms with van der Waals surface area (Å²) in [4.78, 5) is 17.0. The first kappa shape index (κ1) is 11.9. The fraction of sp³-hybridized carbons (Fsp3) is 0.143. The molecule has 1 aromatic heterocycles. The minimum atomic E-state index is -0.261. The summed E-state index contributed by atoms with van der Waals surface area (Å²) < 4.78 is 0. The van der Waals surface area contributed by atoms with Gasteiger partial charge < -0.3 is 9.88 Å². The van der Waals surface area contributed by atoms with Gasteiger partial charge in [0.05, 0.1) is 0 Å². The third-order valence-corrected chi connectivity index (χ3v) is 2.59. The van der Waals surface area contributed by atoms with Crippen molar-refractivity contribution in [2.75, 3.05) is 14.1 Å². The number of carbonyl (C=O) groups excluding carboxylic acids is 1. The molecule has 0 atom stereocenters. The Morgan fingerprint density at radius 3 is 2.78 bits per heavy atom. The summed E-state index contributed by atoms with van der Waals surface area (Å²) in [5.74, 6) is -0.261. The summed E-state index contributed by atoms with van der Waals surface area (Å²) >= 11 is 0. The molecule has 0 amide bonds. The predicted molar refractivity (Wildman–Crippen MR) is 70.0 cm³/mol. The fourth-order valence-corrected chi connectivity index (χ4v) is 1.80. The van der Waals surface area contributed by atoms with E-state index in [1.54, 1.807) is 25.2 Å². The second kappa shape index (κ2) is 4.76. The molecule has 18 heavy (non-hydrogen) atoms. The number of ketones is 1. The Morgan fingerprint density at radius 2 is 2.11 bits per heavy atom. The molecular weight excluding hydrogens is 226 g/mol. The van der Waals surface area contributed by atoms with Crippen molar-refractivity contribution in [2.24, 2.45) is 0 Å². The number of H-pyrrole nitrogens is 1. The SMILES string of the molecule is CN(C)C=C(C#N)C(=O)c1c[nH]c2ccccc12. The number of Topliss-reactive ketones (excluding diaryl/α,β-unsaturated/α-hetero) is 1. The Kier molecular flexibility index (Phi) is 3.16. The number of rotatable bonds is 3. The normalized spacial score (nSPS) is 11.3. The zero-order chi connectivity index (χ0) is 13.1. The second-order valence-corrected chi connectivity index (χ2v) is 4.20. The first-order valence-corrected chi connectivity index (χ1v) is 5.52. The number of nitriles is 1. The minimum Gasteiger partial charge on any atom is -0.382 e. The molecule has 1 N–H and O–H groups in total. The van der Waals surface area contributed by atoms with Crippen molar-refractivity contribution in [3.05, 3.63) is 47.8 Å². The van der Waals surface area contributed by atoms with E-state index in [4.69, 9.17) is 5.26 Å². The summed E-state index contributed by atoms with van der Waals surface area (Å²) in [6, 6.07) is 9.47. The van der Waals surface area contributed by atoms with Gasteiger partial charge in [-0.05, 0) is 6.07 Å². The van der Waals surface area contributed by atoms with Gasteiger partial charge in [0.25, 0.3) is 0 Å². The zero-order valence-corrected chi connectivity index (χ0v) is 10.3. The number of hydrogen-bond acceptors (Lipinski definition) is 3. The van der Waals surface area contributed by atoms with Crippen LogP contribution in [0.25, 0.3) is 10.9 Å². The maximum absolute atomic E-state index is 12.2. The van der Waals surface area contributed by atoms with E-state index in [2.05, 4.69) is 4.98 Å². The summed E-state index contributed by atoms with van der Waals surface area (Å²) in [5, 5.41) is 9.88. The maximum atomic E-state index is 12.2. The lowest BCUT2D eigenvalue weighted by atomic mass is 10.0. The van der Waals surface area contributed by atoms with Gasteiger partial charge in [0.2, 0.25) is 5.78 Å². The van der Waals surface area contributed by atoms with Gasteiger partial charge in [0, 0.05) is 43.0 Å². The van der Waals surface area contributed by atoms with E-state index in [9.17, 15) is 4.79 Å². The Morgan fingerprint density at radius 1 is 1.39 bits per heavy atom. The number of nitrogens with zero attached hydrogens (tertiary/aromatic N) is 2. The third-order valence-electron chi connectivity index (χ3n) is 2.59. The van der Waals surface area contributed by atoms with Crippen LogP contribution in [0.5, 0.6) is 0 Å². The molecule has 0 saturated carbocycles. The van der Waals surface area contributed by atoms with E-state index >= 15 is 0 Å². The average Bonchev–Trinajstić information content (AvgIpc) is 2.78. The van der Waals surface area contributed by atoms with Crippen LogP contribution in [-0.2, 0) is 0 Å². The van der Waals surface area contributed by atoms with Gasteiger partial charge in [-0.1, -0.05) is 18.2 Å². The summed E-state index contributed by atoms with van der Waals surface area (Å²) in [6.07, 6.45) is 3.18. The highest BCUT2D eigenvalue weighted by atomic mass is 16.1. The molecule has 2 aromatic rings. The molecule has 1 aromatic carbocycles. The lowest BCUT2D eigenvalue weighted by Gasteiger charge is -2.05. The average molecular weight is 239 g/mol. The van der Waals surface area contributed by atoms with Gasteiger partial charge in [0.15, 0.2) is 0 Å². The molecule has 0 fully saturated rings. The van der Waals surface area contributed by atoms with Crippen molar-refractivity contribution in [3.8, 4) is 6.07 Å². The van der Waals surface area contributed by atoms with Gasteiger partial charge in [-0.3, -0.25) is 4.79 Å². The number of aromatic nitrogens is 1. The number of allylic oxidation sites excluding steroid dienone is 1. The smallest absolute Gasteiger partial charge is 0.207 e. The number of nitrogens with one attached hydrogen (secondary N) is 1. The Bertz CT molecular complexity index is 659. The molecule has 2 rings (SSSR count). The maximum Gasteiger partial charge on any atom is 0.207 e. The van der Waals surface area contributed by atoms with Crippen LogP contribution < -0.4 is 0 Å². The van der Waals surface area contributed by atoms with Crippen molar-refractivity contribution in [1.29, 1.82) is 5.26 Å². The molecule has 0 unspecified atom stereocenters. The lowest BCUT2D eigenvalue weighted by Crippen LogP contribution is -2.08. The number of fused-ring (bicyclic) bond motifs is 1. The van der Waals surface area contributed by atoms with Gasteiger partial charge in [-0.2, -0.15) is 5.26 Å². The highest BCUT2D eigenvalue weighted by molar-refractivity contribution is 6.17. The summed E-state index contributed by atoms with van der Waals surface area (Å²) in [6.45, 7) is 0. The molecule has 0 spiro atoms. The Balaban J connectivity index is 2.49. The topological polar surface area (TPSA) is 59.9 Å². The van der Waals surface area contributed by atoms with Crippen LogP contribution in [0.4, 0.5) is 0 Å². The number of benzene rings is 1. The molecule has 4 nitrogen and oxygen atoms in total. The van der Waals surface area contributed by atoms with Crippen LogP contribution in [-0.4, -0.2) is 29.8 Å². The molecule has 0 aliphatic carbocycles. The Hall–Kier alpha value is -2.54. The van der Waals surface area contributed by atoms with Gasteiger partial charge in [-0.25, -0.2) is 0 Å². The van der Waals surface area contributed by atoms with Crippen molar-refractivity contribution in [1.82, 2.24) is 9.88 Å². The lowest BCUT2D eigenvalue weighted by molar-refractivity contribution is 0.103. The van der Waals surface area contributed by atoms with Crippen LogP contribution in [0.15, 0.2) is 42.2 Å². The minimum absolute atomic E-state index is 0.129. The molecule has 0 radical (unpaired) electrons. The number of para-hydroxylation sites is 1. The van der Waals surface area contributed by atoms with Crippen molar-refractivity contribution in [3.63, 3.8) is 0 Å². The van der Waals surface area contributed by atoms with E-state index in [1.165, 1.54) is 6.20 Å². The van der Waals surface area contributed by atoms with E-state index in [0.29, 0.717) is 5.56 Å². The van der Waals surface area contributed by atoms with Crippen LogP contribution in [0.1, 0.15) is 10.4 Å². The first-order chi connectivity index (χ1) is 8.63. The van der Waals surface area contributed by atoms with Crippen molar-refractivity contribution < 1.29 is 4.79 Å². The van der Waals surface area contributed by atoms with Crippen LogP contribution >= 0.6 is 0 Å². The van der Waals surface area contributed by atoms with E-state index in [0.717, 1.165) is 10.9 Å². The standard InChI is InChI=1S/C14H13N3O/c1-17(2)9-10(7-15)14(18)12-8-16-13-6-4-3-5-11(12)13/h3-6,8-9,16H,1-2H3. The largest absolute Gasteiger partial charge is 0.382 e. The first-order valence-electron chi connectivity index (χ1n) is 5.52. The Labute approximate surface area is 105 Å². The molecule has 0 bridgehead atoms. The molecular formula is C14H13N3O. The molecule has 90 valence electrons. The predicted octanol–water partition coefficient (Wildman–Crippen LogP) is 2.32. The summed E-state index contributed by atoms with van der Waals surface area (Å²) in [5.41, 5.74) is 1.55. The quantitative estimate of drug-likeness (QED) is 0.508. The van der Waals surface area contributed by atoms with Crippen LogP contribution in [0, 0.1) is 11.3 Å². The van der Waals surface area contributed by atoms with E-state index in [1.807, 2.05) is 30.3 Å². The molecule has 1 heterocycles. The molecule has 0 aliphatic rings. The zero-order valence-electron chi connectivity index (χ0n) is 10.3. The molecule has 0 saturated heterocycles. The van der Waals surface area contributed by atoms with Gasteiger partial charge in [0.1, 0.15) is 11.6 Å². The highest BCUT2D eigenvalue weighted by Gasteiger charge is 2.16. The number of hydrogen-bond donors (Lipinski definition) is 1. The monoisotopic (exact) mass is 239 g/mol. The van der Waals surface area contributed by atoms with Crippen molar-refractivity contribution in [2.45, 2.75) is 0 Å². The third kappa shape index (κ3) is 2.11.